The van der Waals surface area contributed by atoms with Gasteiger partial charge in [-0.2, -0.15) is 4.39 Å². The molecule has 0 bridgehead atoms. The van der Waals surface area contributed by atoms with Gasteiger partial charge in [-0.15, -0.1) is 0 Å². The first-order chi connectivity index (χ1) is 8.09. The van der Waals surface area contributed by atoms with E-state index in [1.165, 1.54) is 18.3 Å². The van der Waals surface area contributed by atoms with Gasteiger partial charge < -0.3 is 4.90 Å². The van der Waals surface area contributed by atoms with Gasteiger partial charge >= 0.3 is 0 Å². The minimum atomic E-state index is -0.554. The predicted octanol–water partition coefficient (Wildman–Crippen LogP) is 2.62. The fourth-order valence-electron chi connectivity index (χ4n) is 2.47. The Labute approximate surface area is 101 Å². The zero-order valence-corrected chi connectivity index (χ0v) is 10.2. The topological polar surface area (TPSA) is 33.2 Å². The van der Waals surface area contributed by atoms with E-state index in [0.717, 1.165) is 19.3 Å². The van der Waals surface area contributed by atoms with Crippen molar-refractivity contribution in [1.29, 1.82) is 0 Å². The summed E-state index contributed by atoms with van der Waals surface area (Å²) < 4.78 is 12.7. The highest BCUT2D eigenvalue weighted by atomic mass is 19.1. The van der Waals surface area contributed by atoms with E-state index in [0.29, 0.717) is 5.56 Å². The maximum absolute atomic E-state index is 12.7. The van der Waals surface area contributed by atoms with Crippen LogP contribution in [0.1, 0.15) is 43.5 Å². The Kier molecular flexibility index (Phi) is 3.41. The highest BCUT2D eigenvalue weighted by Gasteiger charge is 2.29. The highest BCUT2D eigenvalue weighted by molar-refractivity contribution is 5.94. The molecule has 0 radical (unpaired) electrons. The predicted molar refractivity (Wildman–Crippen MR) is 63.1 cm³/mol. The van der Waals surface area contributed by atoms with Crippen LogP contribution in [0.5, 0.6) is 0 Å². The van der Waals surface area contributed by atoms with E-state index in [4.69, 9.17) is 0 Å². The Hall–Kier alpha value is -1.45. The van der Waals surface area contributed by atoms with E-state index in [2.05, 4.69) is 18.8 Å². The summed E-state index contributed by atoms with van der Waals surface area (Å²) in [7, 11) is 0. The van der Waals surface area contributed by atoms with Gasteiger partial charge in [0.15, 0.2) is 0 Å². The summed E-state index contributed by atoms with van der Waals surface area (Å²) in [5, 5.41) is 0. The molecule has 0 aliphatic carbocycles. The fraction of sp³-hybridized carbons (Fsp3) is 0.538. The molecule has 3 nitrogen and oxygen atoms in total. The number of nitrogens with zero attached hydrogens (tertiary/aromatic N) is 2. The second-order valence-corrected chi connectivity index (χ2v) is 4.71. The molecule has 17 heavy (non-hydrogen) atoms. The number of piperidine rings is 1. The second kappa shape index (κ2) is 4.82. The number of pyridine rings is 1. The van der Waals surface area contributed by atoms with E-state index in [1.807, 2.05) is 4.90 Å². The van der Waals surface area contributed by atoms with E-state index < -0.39 is 5.95 Å². The molecule has 1 aromatic rings. The number of amides is 1. The van der Waals surface area contributed by atoms with Crippen LogP contribution in [0, 0.1) is 5.95 Å². The molecule has 4 heteroatoms. The van der Waals surface area contributed by atoms with Gasteiger partial charge in [0.05, 0.1) is 5.56 Å². The van der Waals surface area contributed by atoms with E-state index in [1.54, 1.807) is 0 Å². The quantitative estimate of drug-likeness (QED) is 0.702. The first kappa shape index (κ1) is 12.0. The van der Waals surface area contributed by atoms with Gasteiger partial charge in [-0.05, 0) is 45.2 Å². The summed E-state index contributed by atoms with van der Waals surface area (Å²) in [5.74, 6) is -0.599. The molecule has 0 spiro atoms. The van der Waals surface area contributed by atoms with Crippen molar-refractivity contribution < 1.29 is 9.18 Å². The van der Waals surface area contributed by atoms with Gasteiger partial charge in [0.2, 0.25) is 5.95 Å². The first-order valence-corrected chi connectivity index (χ1v) is 6.04. The summed E-state index contributed by atoms with van der Waals surface area (Å²) in [4.78, 5) is 17.7. The van der Waals surface area contributed by atoms with Gasteiger partial charge in [-0.25, -0.2) is 4.98 Å². The van der Waals surface area contributed by atoms with Crippen molar-refractivity contribution in [3.8, 4) is 0 Å². The van der Waals surface area contributed by atoms with Crippen LogP contribution in [0.15, 0.2) is 18.3 Å². The summed E-state index contributed by atoms with van der Waals surface area (Å²) in [5.41, 5.74) is 0.465. The third-order valence-electron chi connectivity index (χ3n) is 3.40. The van der Waals surface area contributed by atoms with Crippen molar-refractivity contribution in [3.05, 3.63) is 29.8 Å². The fourth-order valence-corrected chi connectivity index (χ4v) is 2.47. The third-order valence-corrected chi connectivity index (χ3v) is 3.40. The lowest BCUT2D eigenvalue weighted by molar-refractivity contribution is 0.0510. The normalized spacial score (nSPS) is 24.8. The highest BCUT2D eigenvalue weighted by Crippen LogP contribution is 2.24. The van der Waals surface area contributed by atoms with Gasteiger partial charge in [-0.3, -0.25) is 4.79 Å². The molecule has 0 saturated carbocycles. The van der Waals surface area contributed by atoms with Gasteiger partial charge in [0, 0.05) is 18.3 Å². The van der Waals surface area contributed by atoms with Crippen molar-refractivity contribution in [3.63, 3.8) is 0 Å². The Morgan fingerprint density at radius 1 is 1.35 bits per heavy atom. The van der Waals surface area contributed by atoms with Crippen molar-refractivity contribution in [2.24, 2.45) is 0 Å². The first-order valence-electron chi connectivity index (χ1n) is 6.04. The van der Waals surface area contributed by atoms with Crippen LogP contribution >= 0.6 is 0 Å². The standard InChI is InChI=1S/C13H17FN2O/c1-9-4-3-5-10(2)16(9)13(17)11-6-7-12(14)15-8-11/h6-10H,3-5H2,1-2H3/t9-,10+. The maximum atomic E-state index is 12.7. The van der Waals surface area contributed by atoms with E-state index >= 15 is 0 Å². The van der Waals surface area contributed by atoms with E-state index in [-0.39, 0.29) is 18.0 Å². The van der Waals surface area contributed by atoms with Crippen molar-refractivity contribution in [2.45, 2.75) is 45.2 Å². The largest absolute Gasteiger partial charge is 0.333 e. The zero-order chi connectivity index (χ0) is 12.4. The average molecular weight is 236 g/mol. The molecule has 1 aliphatic heterocycles. The van der Waals surface area contributed by atoms with Crippen LogP contribution in [0.4, 0.5) is 4.39 Å². The molecule has 92 valence electrons. The lowest BCUT2D eigenvalue weighted by atomic mass is 9.96. The molecule has 1 saturated heterocycles. The molecule has 1 aliphatic rings. The summed E-state index contributed by atoms with van der Waals surface area (Å²) in [6.07, 6.45) is 4.54. The van der Waals surface area contributed by atoms with Gasteiger partial charge in [0.25, 0.3) is 5.91 Å². The molecule has 0 aromatic carbocycles. The van der Waals surface area contributed by atoms with Crippen LogP contribution in [-0.2, 0) is 0 Å². The van der Waals surface area contributed by atoms with Gasteiger partial charge in [-0.1, -0.05) is 0 Å². The molecule has 1 aromatic heterocycles. The molecule has 2 heterocycles. The van der Waals surface area contributed by atoms with Crippen LogP contribution < -0.4 is 0 Å². The molecular weight excluding hydrogens is 219 g/mol. The summed E-state index contributed by atoms with van der Waals surface area (Å²) >= 11 is 0. The molecular formula is C13H17FN2O. The Balaban J connectivity index is 2.20. The average Bonchev–Trinajstić information content (AvgIpc) is 2.29. The smallest absolute Gasteiger partial charge is 0.255 e. The molecule has 0 N–H and O–H groups in total. The molecule has 1 amide bonds. The van der Waals surface area contributed by atoms with Crippen LogP contribution in [-0.4, -0.2) is 27.9 Å². The lowest BCUT2D eigenvalue weighted by Gasteiger charge is -2.39. The number of aromatic nitrogens is 1. The Morgan fingerprint density at radius 3 is 2.53 bits per heavy atom. The number of carbonyl (C=O) groups excluding carboxylic acids is 1. The zero-order valence-electron chi connectivity index (χ0n) is 10.2. The third kappa shape index (κ3) is 2.46. The number of likely N-dealkylation sites (tertiary alicyclic amines) is 1. The molecule has 0 unspecified atom stereocenters. The summed E-state index contributed by atoms with van der Waals surface area (Å²) in [6, 6.07) is 3.22. The number of hydrogen-bond donors (Lipinski definition) is 0. The minimum Gasteiger partial charge on any atom is -0.333 e. The second-order valence-electron chi connectivity index (χ2n) is 4.71. The molecule has 2 atom stereocenters. The SMILES string of the molecule is C[C@@H]1CCC[C@H](C)N1C(=O)c1ccc(F)nc1. The monoisotopic (exact) mass is 236 g/mol. The number of hydrogen-bond acceptors (Lipinski definition) is 2. The van der Waals surface area contributed by atoms with Crippen molar-refractivity contribution in [1.82, 2.24) is 9.88 Å². The van der Waals surface area contributed by atoms with Gasteiger partial charge in [0.1, 0.15) is 0 Å². The number of carbonyl (C=O) groups is 1. The van der Waals surface area contributed by atoms with Crippen LogP contribution in [0.3, 0.4) is 0 Å². The molecule has 2 rings (SSSR count). The lowest BCUT2D eigenvalue weighted by Crippen LogP contribution is -2.47. The number of halogens is 1. The summed E-state index contributed by atoms with van der Waals surface area (Å²) in [6.45, 7) is 4.12. The number of rotatable bonds is 1. The van der Waals surface area contributed by atoms with Crippen molar-refractivity contribution >= 4 is 5.91 Å². The van der Waals surface area contributed by atoms with Crippen LogP contribution in [0.2, 0.25) is 0 Å². The minimum absolute atomic E-state index is 0.0443. The van der Waals surface area contributed by atoms with Crippen molar-refractivity contribution in [2.75, 3.05) is 0 Å². The Morgan fingerprint density at radius 2 is 2.00 bits per heavy atom. The maximum Gasteiger partial charge on any atom is 0.255 e. The Bertz CT molecular complexity index is 394. The van der Waals surface area contributed by atoms with Crippen LogP contribution in [0.25, 0.3) is 0 Å². The molecule has 1 fully saturated rings. The van der Waals surface area contributed by atoms with E-state index in [9.17, 15) is 9.18 Å².